The van der Waals surface area contributed by atoms with Crippen molar-refractivity contribution in [2.45, 2.75) is 26.4 Å². The Morgan fingerprint density at radius 1 is 1.38 bits per heavy atom. The van der Waals surface area contributed by atoms with Gasteiger partial charge >= 0.3 is 6.18 Å². The molecule has 0 spiro atoms. The third-order valence-corrected chi connectivity index (χ3v) is 4.12. The van der Waals surface area contributed by atoms with Gasteiger partial charge in [-0.25, -0.2) is 0 Å². The summed E-state index contributed by atoms with van der Waals surface area (Å²) < 4.78 is 38.3. The predicted octanol–water partition coefficient (Wildman–Crippen LogP) is 3.47. The molecule has 1 atom stereocenters. The Kier molecular flexibility index (Phi) is 4.16. The molecule has 116 valence electrons. The number of rotatable bonds is 3. The van der Waals surface area contributed by atoms with E-state index in [1.54, 1.807) is 0 Å². The second-order valence-electron chi connectivity index (χ2n) is 5.88. The number of hydrogen-bond acceptors (Lipinski definition) is 2. The van der Waals surface area contributed by atoms with Gasteiger partial charge in [0.2, 0.25) is 0 Å². The summed E-state index contributed by atoms with van der Waals surface area (Å²) in [5.41, 5.74) is 5.50. The number of halogens is 3. The number of anilines is 1. The number of hydrogen-bond donors (Lipinski definition) is 2. The van der Waals surface area contributed by atoms with Gasteiger partial charge in [0.05, 0.1) is 5.56 Å². The van der Waals surface area contributed by atoms with E-state index in [-0.39, 0.29) is 11.4 Å². The first-order valence-corrected chi connectivity index (χ1v) is 7.00. The van der Waals surface area contributed by atoms with Crippen LogP contribution >= 0.6 is 0 Å². The third-order valence-electron chi connectivity index (χ3n) is 4.12. The minimum Gasteiger partial charge on any atom is -0.384 e. The molecule has 3 N–H and O–H groups in total. The van der Waals surface area contributed by atoms with Crippen LogP contribution in [0, 0.1) is 17.2 Å². The molecule has 21 heavy (non-hydrogen) atoms. The number of nitrogens with zero attached hydrogens (tertiary/aromatic N) is 1. The molecule has 6 heteroatoms. The van der Waals surface area contributed by atoms with Gasteiger partial charge in [-0.15, -0.1) is 0 Å². The quantitative estimate of drug-likeness (QED) is 0.663. The average molecular weight is 299 g/mol. The highest BCUT2D eigenvalue weighted by atomic mass is 19.4. The van der Waals surface area contributed by atoms with Crippen molar-refractivity contribution in [2.75, 3.05) is 18.0 Å². The maximum absolute atomic E-state index is 12.8. The zero-order chi connectivity index (χ0) is 15.8. The van der Waals surface area contributed by atoms with E-state index in [9.17, 15) is 13.2 Å². The second-order valence-corrected chi connectivity index (χ2v) is 5.88. The first-order valence-electron chi connectivity index (χ1n) is 7.00. The number of amidine groups is 1. The molecule has 1 aromatic carbocycles. The summed E-state index contributed by atoms with van der Waals surface area (Å²) in [6, 6.07) is 3.47. The van der Waals surface area contributed by atoms with Crippen molar-refractivity contribution in [3.63, 3.8) is 0 Å². The van der Waals surface area contributed by atoms with Gasteiger partial charge in [-0.2, -0.15) is 13.2 Å². The molecule has 0 radical (unpaired) electrons. The SMILES string of the molecule is CC(C)C1CCN(c2ccc(C(F)(F)F)cc2C(=N)N)C1. The number of nitrogen functional groups attached to an aromatic ring is 1. The highest BCUT2D eigenvalue weighted by Gasteiger charge is 2.33. The van der Waals surface area contributed by atoms with E-state index in [2.05, 4.69) is 13.8 Å². The van der Waals surface area contributed by atoms with Crippen LogP contribution in [0.1, 0.15) is 31.4 Å². The molecule has 1 unspecified atom stereocenters. The molecular weight excluding hydrogens is 279 g/mol. The zero-order valence-corrected chi connectivity index (χ0v) is 12.2. The van der Waals surface area contributed by atoms with Gasteiger partial charge in [0, 0.05) is 24.3 Å². The van der Waals surface area contributed by atoms with Gasteiger partial charge in [-0.3, -0.25) is 5.41 Å². The second kappa shape index (κ2) is 5.58. The van der Waals surface area contributed by atoms with Crippen LogP contribution in [0.3, 0.4) is 0 Å². The molecule has 1 saturated heterocycles. The zero-order valence-electron chi connectivity index (χ0n) is 12.2. The van der Waals surface area contributed by atoms with Gasteiger partial charge in [-0.05, 0) is 36.5 Å². The van der Waals surface area contributed by atoms with E-state index in [0.717, 1.165) is 31.6 Å². The largest absolute Gasteiger partial charge is 0.416 e. The van der Waals surface area contributed by atoms with Gasteiger partial charge in [0.1, 0.15) is 5.84 Å². The number of alkyl halides is 3. The molecule has 0 amide bonds. The van der Waals surface area contributed by atoms with Crippen molar-refractivity contribution >= 4 is 11.5 Å². The van der Waals surface area contributed by atoms with Crippen LogP contribution in [0.2, 0.25) is 0 Å². The highest BCUT2D eigenvalue weighted by molar-refractivity contribution is 6.00. The van der Waals surface area contributed by atoms with Crippen LogP contribution in [-0.2, 0) is 6.18 Å². The summed E-state index contributed by atoms with van der Waals surface area (Å²) in [5.74, 6) is 0.724. The molecule has 0 bridgehead atoms. The predicted molar refractivity (Wildman–Crippen MR) is 77.6 cm³/mol. The fourth-order valence-corrected chi connectivity index (χ4v) is 2.75. The molecular formula is C15H20F3N3. The van der Waals surface area contributed by atoms with Gasteiger partial charge < -0.3 is 10.6 Å². The Balaban J connectivity index is 2.34. The van der Waals surface area contributed by atoms with Crippen molar-refractivity contribution in [2.24, 2.45) is 17.6 Å². The monoisotopic (exact) mass is 299 g/mol. The van der Waals surface area contributed by atoms with Crippen LogP contribution in [0.25, 0.3) is 0 Å². The van der Waals surface area contributed by atoms with Crippen LogP contribution < -0.4 is 10.6 Å². The maximum atomic E-state index is 12.8. The first-order chi connectivity index (χ1) is 9.70. The Labute approximate surface area is 122 Å². The first kappa shape index (κ1) is 15.7. The number of nitrogens with two attached hydrogens (primary N) is 1. The lowest BCUT2D eigenvalue weighted by molar-refractivity contribution is -0.137. The lowest BCUT2D eigenvalue weighted by Gasteiger charge is -2.23. The number of benzene rings is 1. The molecule has 1 fully saturated rings. The fourth-order valence-electron chi connectivity index (χ4n) is 2.75. The Morgan fingerprint density at radius 3 is 2.52 bits per heavy atom. The topological polar surface area (TPSA) is 53.1 Å². The average Bonchev–Trinajstić information content (AvgIpc) is 2.86. The summed E-state index contributed by atoms with van der Waals surface area (Å²) in [6.07, 6.45) is -3.41. The summed E-state index contributed by atoms with van der Waals surface area (Å²) in [4.78, 5) is 2.03. The van der Waals surface area contributed by atoms with E-state index in [1.165, 1.54) is 6.07 Å². The molecule has 1 heterocycles. The third kappa shape index (κ3) is 3.31. The highest BCUT2D eigenvalue weighted by Crippen LogP contribution is 2.35. The molecule has 1 aliphatic rings. The molecule has 1 aromatic rings. The van der Waals surface area contributed by atoms with Crippen molar-refractivity contribution in [1.29, 1.82) is 5.41 Å². The summed E-state index contributed by atoms with van der Waals surface area (Å²) >= 11 is 0. The molecule has 3 nitrogen and oxygen atoms in total. The maximum Gasteiger partial charge on any atom is 0.416 e. The van der Waals surface area contributed by atoms with Crippen LogP contribution in [0.5, 0.6) is 0 Å². The molecule has 2 rings (SSSR count). The van der Waals surface area contributed by atoms with Crippen LogP contribution in [0.4, 0.5) is 18.9 Å². The van der Waals surface area contributed by atoms with E-state index < -0.39 is 11.7 Å². The molecule has 0 aromatic heterocycles. The smallest absolute Gasteiger partial charge is 0.384 e. The van der Waals surface area contributed by atoms with Crippen LogP contribution in [0.15, 0.2) is 18.2 Å². The van der Waals surface area contributed by atoms with Gasteiger partial charge in [0.15, 0.2) is 0 Å². The Hall–Kier alpha value is -1.72. The Bertz CT molecular complexity index is 537. The van der Waals surface area contributed by atoms with Crippen molar-refractivity contribution in [1.82, 2.24) is 0 Å². The van der Waals surface area contributed by atoms with Gasteiger partial charge in [0.25, 0.3) is 0 Å². The lowest BCUT2D eigenvalue weighted by Crippen LogP contribution is -2.25. The molecule has 1 aliphatic heterocycles. The Morgan fingerprint density at radius 2 is 2.05 bits per heavy atom. The van der Waals surface area contributed by atoms with E-state index in [1.807, 2.05) is 4.90 Å². The lowest BCUT2D eigenvalue weighted by atomic mass is 9.95. The molecule has 0 saturated carbocycles. The fraction of sp³-hybridized carbons (Fsp3) is 0.533. The standard InChI is InChI=1S/C15H20F3N3/c1-9(2)10-5-6-21(8-10)13-4-3-11(15(16,17)18)7-12(13)14(19)20/h3-4,7,9-10H,5-6,8H2,1-2H3,(H3,19,20). The van der Waals surface area contributed by atoms with E-state index >= 15 is 0 Å². The van der Waals surface area contributed by atoms with Crippen molar-refractivity contribution < 1.29 is 13.2 Å². The normalized spacial score (nSPS) is 19.3. The van der Waals surface area contributed by atoms with E-state index in [4.69, 9.17) is 11.1 Å². The minimum atomic E-state index is -4.42. The summed E-state index contributed by atoms with van der Waals surface area (Å²) in [6.45, 7) is 5.87. The van der Waals surface area contributed by atoms with Crippen molar-refractivity contribution in [3.05, 3.63) is 29.3 Å². The van der Waals surface area contributed by atoms with Crippen LogP contribution in [-0.4, -0.2) is 18.9 Å². The number of nitrogens with one attached hydrogen (secondary N) is 1. The summed E-state index contributed by atoms with van der Waals surface area (Å²) in [7, 11) is 0. The molecule has 0 aliphatic carbocycles. The van der Waals surface area contributed by atoms with E-state index in [0.29, 0.717) is 17.5 Å². The summed E-state index contributed by atoms with van der Waals surface area (Å²) in [5, 5.41) is 7.56. The van der Waals surface area contributed by atoms with Crippen molar-refractivity contribution in [3.8, 4) is 0 Å². The minimum absolute atomic E-state index is 0.161. The van der Waals surface area contributed by atoms with Gasteiger partial charge in [-0.1, -0.05) is 13.8 Å².